The lowest BCUT2D eigenvalue weighted by molar-refractivity contribution is 0.297. The van der Waals surface area contributed by atoms with Crippen molar-refractivity contribution in [3.63, 3.8) is 0 Å². The Hall–Kier alpha value is -1.02. The van der Waals surface area contributed by atoms with E-state index in [4.69, 9.17) is 9.47 Å². The molecule has 0 spiro atoms. The molecule has 0 radical (unpaired) electrons. The van der Waals surface area contributed by atoms with Crippen LogP contribution in [0.25, 0.3) is 0 Å². The summed E-state index contributed by atoms with van der Waals surface area (Å²) >= 11 is 0. The summed E-state index contributed by atoms with van der Waals surface area (Å²) in [5, 5.41) is 2.98. The van der Waals surface area contributed by atoms with Gasteiger partial charge < -0.3 is 14.8 Å². The molecule has 120 valence electrons. The average Bonchev–Trinajstić information content (AvgIpc) is 2.69. The molecule has 0 aliphatic carbocycles. The minimum absolute atomic E-state index is 0. The molecule has 1 unspecified atom stereocenters. The summed E-state index contributed by atoms with van der Waals surface area (Å²) in [6, 6.07) is 4.73. The summed E-state index contributed by atoms with van der Waals surface area (Å²) in [7, 11) is -1.75. The number of sulfonamides is 1. The quantitative estimate of drug-likeness (QED) is 0.843. The fourth-order valence-corrected chi connectivity index (χ4v) is 2.88. The second kappa shape index (κ2) is 7.84. The average molecular weight is 337 g/mol. The maximum absolute atomic E-state index is 12.2. The Kier molecular flexibility index (Phi) is 6.73. The van der Waals surface area contributed by atoms with Crippen LogP contribution in [0.4, 0.5) is 0 Å². The Morgan fingerprint density at radius 2 is 1.90 bits per heavy atom. The van der Waals surface area contributed by atoms with E-state index >= 15 is 0 Å². The number of fused-ring (bicyclic) bond motifs is 1. The zero-order valence-electron chi connectivity index (χ0n) is 12.1. The predicted molar refractivity (Wildman–Crippen MR) is 83.0 cm³/mol. The molecular formula is C13H21ClN2O4S. The number of nitrogens with one attached hydrogen (secondary N) is 2. The van der Waals surface area contributed by atoms with E-state index in [1.807, 2.05) is 6.92 Å². The van der Waals surface area contributed by atoms with Gasteiger partial charge in [0.15, 0.2) is 11.5 Å². The van der Waals surface area contributed by atoms with Gasteiger partial charge in [-0.2, -0.15) is 0 Å². The molecule has 1 aromatic rings. The Bertz CT molecular complexity index is 565. The predicted octanol–water partition coefficient (Wildman–Crippen LogP) is 1.16. The van der Waals surface area contributed by atoms with E-state index in [-0.39, 0.29) is 23.3 Å². The molecule has 2 N–H and O–H groups in total. The van der Waals surface area contributed by atoms with Gasteiger partial charge in [0, 0.05) is 25.1 Å². The Labute approximate surface area is 131 Å². The first kappa shape index (κ1) is 18.0. The standard InChI is InChI=1S/C13H20N2O4S.ClH/c1-10(14-2)9-15-20(16,17)11-4-5-12-13(8-11)19-7-3-6-18-12;/h4-5,8,10,14-15H,3,6-7,9H2,1-2H3;1H. The molecule has 21 heavy (non-hydrogen) atoms. The van der Waals surface area contributed by atoms with E-state index in [1.165, 1.54) is 12.1 Å². The maximum Gasteiger partial charge on any atom is 0.240 e. The van der Waals surface area contributed by atoms with Crippen molar-refractivity contribution in [2.75, 3.05) is 26.8 Å². The molecule has 2 rings (SSSR count). The van der Waals surface area contributed by atoms with Gasteiger partial charge in [0.25, 0.3) is 0 Å². The topological polar surface area (TPSA) is 76.7 Å². The smallest absolute Gasteiger partial charge is 0.240 e. The van der Waals surface area contributed by atoms with Crippen LogP contribution in [-0.4, -0.2) is 41.3 Å². The number of rotatable bonds is 5. The Morgan fingerprint density at radius 3 is 2.57 bits per heavy atom. The van der Waals surface area contributed by atoms with E-state index in [9.17, 15) is 8.42 Å². The SMILES string of the molecule is CNC(C)CNS(=O)(=O)c1ccc2c(c1)OCCCO2.Cl. The maximum atomic E-state index is 12.2. The molecule has 1 aliphatic rings. The van der Waals surface area contributed by atoms with Crippen LogP contribution in [0.3, 0.4) is 0 Å². The molecule has 0 fully saturated rings. The molecule has 0 saturated carbocycles. The van der Waals surface area contributed by atoms with Gasteiger partial charge in [-0.15, -0.1) is 12.4 Å². The van der Waals surface area contributed by atoms with Crippen molar-refractivity contribution in [3.05, 3.63) is 18.2 Å². The van der Waals surface area contributed by atoms with E-state index in [1.54, 1.807) is 13.1 Å². The first-order chi connectivity index (χ1) is 9.53. The number of benzene rings is 1. The lowest BCUT2D eigenvalue weighted by atomic mass is 10.3. The van der Waals surface area contributed by atoms with Gasteiger partial charge >= 0.3 is 0 Å². The molecular weight excluding hydrogens is 316 g/mol. The van der Waals surface area contributed by atoms with Crippen molar-refractivity contribution in [1.29, 1.82) is 0 Å². The second-order valence-corrected chi connectivity index (χ2v) is 6.47. The van der Waals surface area contributed by atoms with Gasteiger partial charge in [-0.3, -0.25) is 0 Å². The number of hydrogen-bond acceptors (Lipinski definition) is 5. The van der Waals surface area contributed by atoms with Crippen LogP contribution >= 0.6 is 12.4 Å². The lowest BCUT2D eigenvalue weighted by Gasteiger charge is -2.13. The Morgan fingerprint density at radius 1 is 1.24 bits per heavy atom. The summed E-state index contributed by atoms with van der Waals surface area (Å²) in [6.45, 7) is 3.33. The molecule has 8 heteroatoms. The molecule has 0 bridgehead atoms. The number of hydrogen-bond donors (Lipinski definition) is 2. The highest BCUT2D eigenvalue weighted by molar-refractivity contribution is 7.89. The van der Waals surface area contributed by atoms with Crippen LogP contribution in [0.1, 0.15) is 13.3 Å². The van der Waals surface area contributed by atoms with Crippen LogP contribution in [0, 0.1) is 0 Å². The highest BCUT2D eigenvalue weighted by Crippen LogP contribution is 2.31. The fraction of sp³-hybridized carbons (Fsp3) is 0.538. The van der Waals surface area contributed by atoms with Crippen molar-refractivity contribution in [2.24, 2.45) is 0 Å². The van der Waals surface area contributed by atoms with Gasteiger partial charge in [-0.1, -0.05) is 0 Å². The van der Waals surface area contributed by atoms with Crippen molar-refractivity contribution >= 4 is 22.4 Å². The lowest BCUT2D eigenvalue weighted by Crippen LogP contribution is -2.37. The minimum atomic E-state index is -3.54. The molecule has 1 atom stereocenters. The van der Waals surface area contributed by atoms with Crippen molar-refractivity contribution in [1.82, 2.24) is 10.0 Å². The first-order valence-corrected chi connectivity index (χ1v) is 8.08. The van der Waals surface area contributed by atoms with Crippen molar-refractivity contribution < 1.29 is 17.9 Å². The largest absolute Gasteiger partial charge is 0.490 e. The third kappa shape index (κ3) is 4.74. The number of ether oxygens (including phenoxy) is 2. The minimum Gasteiger partial charge on any atom is -0.490 e. The van der Waals surface area contributed by atoms with Crippen LogP contribution < -0.4 is 19.5 Å². The highest BCUT2D eigenvalue weighted by atomic mass is 35.5. The summed E-state index contributed by atoms with van der Waals surface area (Å²) in [6.07, 6.45) is 0.786. The monoisotopic (exact) mass is 336 g/mol. The van der Waals surface area contributed by atoms with E-state index < -0.39 is 10.0 Å². The van der Waals surface area contributed by atoms with Crippen LogP contribution in [0.2, 0.25) is 0 Å². The molecule has 1 aliphatic heterocycles. The Balaban J connectivity index is 0.00000220. The summed E-state index contributed by atoms with van der Waals surface area (Å²) in [5.74, 6) is 1.07. The zero-order chi connectivity index (χ0) is 14.6. The van der Waals surface area contributed by atoms with E-state index in [0.29, 0.717) is 31.3 Å². The third-order valence-electron chi connectivity index (χ3n) is 3.10. The van der Waals surface area contributed by atoms with Crippen LogP contribution in [0.15, 0.2) is 23.1 Å². The van der Waals surface area contributed by atoms with Gasteiger partial charge in [0.1, 0.15) is 0 Å². The van der Waals surface area contributed by atoms with Gasteiger partial charge in [0.2, 0.25) is 10.0 Å². The second-order valence-electron chi connectivity index (χ2n) is 4.70. The van der Waals surface area contributed by atoms with E-state index in [0.717, 1.165) is 6.42 Å². The highest BCUT2D eigenvalue weighted by Gasteiger charge is 2.19. The molecule has 1 heterocycles. The van der Waals surface area contributed by atoms with E-state index in [2.05, 4.69) is 10.0 Å². The van der Waals surface area contributed by atoms with Gasteiger partial charge in [-0.25, -0.2) is 13.1 Å². The molecule has 6 nitrogen and oxygen atoms in total. The third-order valence-corrected chi connectivity index (χ3v) is 4.52. The first-order valence-electron chi connectivity index (χ1n) is 6.59. The fourth-order valence-electron chi connectivity index (χ4n) is 1.73. The summed E-state index contributed by atoms with van der Waals surface area (Å²) < 4.78 is 37.9. The molecule has 0 amide bonds. The molecule has 0 aromatic heterocycles. The van der Waals surface area contributed by atoms with Crippen LogP contribution in [0.5, 0.6) is 11.5 Å². The molecule has 1 aromatic carbocycles. The van der Waals surface area contributed by atoms with Crippen molar-refractivity contribution in [2.45, 2.75) is 24.3 Å². The zero-order valence-corrected chi connectivity index (χ0v) is 13.7. The summed E-state index contributed by atoms with van der Waals surface area (Å²) in [4.78, 5) is 0.185. The number of halogens is 1. The van der Waals surface area contributed by atoms with Gasteiger partial charge in [-0.05, 0) is 26.1 Å². The van der Waals surface area contributed by atoms with Crippen LogP contribution in [-0.2, 0) is 10.0 Å². The van der Waals surface area contributed by atoms with Crippen molar-refractivity contribution in [3.8, 4) is 11.5 Å². The van der Waals surface area contributed by atoms with Gasteiger partial charge in [0.05, 0.1) is 18.1 Å². The number of likely N-dealkylation sites (N-methyl/N-ethyl adjacent to an activating group) is 1. The summed E-state index contributed by atoms with van der Waals surface area (Å²) in [5.41, 5.74) is 0. The normalized spacial score (nSPS) is 15.7. The molecule has 0 saturated heterocycles.